The minimum Gasteiger partial charge on any atom is -0.481 e. The molecule has 0 bridgehead atoms. The highest BCUT2D eigenvalue weighted by molar-refractivity contribution is 5.67. The van der Waals surface area contributed by atoms with E-state index in [1.54, 1.807) is 6.92 Å². The fraction of sp³-hybridized carbons (Fsp3) is 0.385. The van der Waals surface area contributed by atoms with Crippen LogP contribution in [0, 0.1) is 17.1 Å². The first-order valence-corrected chi connectivity index (χ1v) is 5.63. The summed E-state index contributed by atoms with van der Waals surface area (Å²) in [6.45, 7) is 1.76. The molecular formula is C13H15FN2O2. The molecule has 0 aliphatic carbocycles. The van der Waals surface area contributed by atoms with Gasteiger partial charge < -0.3 is 10.8 Å². The zero-order valence-electron chi connectivity index (χ0n) is 10.1. The Balaban J connectivity index is 3.16. The molecular weight excluding hydrogens is 235 g/mol. The molecule has 0 saturated heterocycles. The highest BCUT2D eigenvalue weighted by atomic mass is 19.1. The number of aliphatic carboxylic acids is 1. The van der Waals surface area contributed by atoms with E-state index in [-0.39, 0.29) is 24.4 Å². The Labute approximate surface area is 105 Å². The number of hydrogen-bond acceptors (Lipinski definition) is 3. The normalized spacial score (nSPS) is 11.9. The van der Waals surface area contributed by atoms with Crippen molar-refractivity contribution in [3.8, 4) is 6.07 Å². The van der Waals surface area contributed by atoms with Gasteiger partial charge in [-0.15, -0.1) is 0 Å². The second kappa shape index (κ2) is 6.12. The van der Waals surface area contributed by atoms with Crippen LogP contribution in [0.4, 0.5) is 4.39 Å². The van der Waals surface area contributed by atoms with Crippen LogP contribution < -0.4 is 5.73 Å². The Hall–Kier alpha value is -1.93. The number of carbonyl (C=O) groups is 1. The second-order valence-electron chi connectivity index (χ2n) is 4.25. The average molecular weight is 250 g/mol. The van der Waals surface area contributed by atoms with Crippen molar-refractivity contribution >= 4 is 5.97 Å². The number of aryl methyl sites for hydroxylation is 1. The third-order valence-electron chi connectivity index (χ3n) is 2.61. The molecule has 0 amide bonds. The van der Waals surface area contributed by atoms with E-state index in [4.69, 9.17) is 16.1 Å². The van der Waals surface area contributed by atoms with Crippen LogP contribution in [0.15, 0.2) is 12.1 Å². The first-order chi connectivity index (χ1) is 8.45. The smallest absolute Gasteiger partial charge is 0.303 e. The molecule has 96 valence electrons. The summed E-state index contributed by atoms with van der Waals surface area (Å²) in [4.78, 5) is 10.6. The maximum Gasteiger partial charge on any atom is 0.303 e. The molecule has 0 heterocycles. The van der Waals surface area contributed by atoms with Crippen LogP contribution in [0.5, 0.6) is 0 Å². The maximum atomic E-state index is 13.5. The molecule has 1 unspecified atom stereocenters. The Morgan fingerprint density at radius 1 is 1.61 bits per heavy atom. The van der Waals surface area contributed by atoms with Crippen LogP contribution in [-0.2, 0) is 17.6 Å². The number of carboxylic acids is 1. The summed E-state index contributed by atoms with van der Waals surface area (Å²) in [5, 5.41) is 17.6. The van der Waals surface area contributed by atoms with Gasteiger partial charge in [0.25, 0.3) is 0 Å². The van der Waals surface area contributed by atoms with Crippen molar-refractivity contribution in [2.24, 2.45) is 5.73 Å². The lowest BCUT2D eigenvalue weighted by molar-refractivity contribution is -0.136. The van der Waals surface area contributed by atoms with Gasteiger partial charge in [0.05, 0.1) is 5.56 Å². The standard InChI is InChI=1S/C13H15FN2O2/c1-8(16)6-10-9(3-5-13(17)18)2-4-12(14)11(10)7-15/h2,4,8H,3,5-6,16H2,1H3,(H,17,18). The van der Waals surface area contributed by atoms with Gasteiger partial charge >= 0.3 is 5.97 Å². The molecule has 0 aromatic heterocycles. The summed E-state index contributed by atoms with van der Waals surface area (Å²) in [5.41, 5.74) is 6.84. The Morgan fingerprint density at radius 3 is 2.78 bits per heavy atom. The molecule has 0 spiro atoms. The number of nitriles is 1. The number of carboxylic acid groups (broad SMARTS) is 1. The second-order valence-corrected chi connectivity index (χ2v) is 4.25. The molecule has 4 nitrogen and oxygen atoms in total. The summed E-state index contributed by atoms with van der Waals surface area (Å²) in [6, 6.07) is 4.32. The molecule has 18 heavy (non-hydrogen) atoms. The molecule has 1 aromatic carbocycles. The molecule has 0 radical (unpaired) electrons. The highest BCUT2D eigenvalue weighted by Gasteiger charge is 2.15. The van der Waals surface area contributed by atoms with Crippen molar-refractivity contribution in [1.29, 1.82) is 5.26 Å². The van der Waals surface area contributed by atoms with Crippen molar-refractivity contribution in [3.63, 3.8) is 0 Å². The molecule has 0 aliphatic heterocycles. The van der Waals surface area contributed by atoms with Crippen molar-refractivity contribution in [2.75, 3.05) is 0 Å². The largest absolute Gasteiger partial charge is 0.481 e. The summed E-state index contributed by atoms with van der Waals surface area (Å²) in [6.07, 6.45) is 0.574. The van der Waals surface area contributed by atoms with Crippen LogP contribution in [0.3, 0.4) is 0 Å². The quantitative estimate of drug-likeness (QED) is 0.831. The van der Waals surface area contributed by atoms with E-state index in [2.05, 4.69) is 0 Å². The summed E-state index contributed by atoms with van der Waals surface area (Å²) >= 11 is 0. The lowest BCUT2D eigenvalue weighted by atomic mass is 9.93. The minimum absolute atomic E-state index is 0.0322. The van der Waals surface area contributed by atoms with Crippen molar-refractivity contribution < 1.29 is 14.3 Å². The molecule has 0 aliphatic rings. The van der Waals surface area contributed by atoms with Gasteiger partial charge in [-0.3, -0.25) is 4.79 Å². The first kappa shape index (κ1) is 14.1. The van der Waals surface area contributed by atoms with Crippen LogP contribution in [0.25, 0.3) is 0 Å². The summed E-state index contributed by atoms with van der Waals surface area (Å²) < 4.78 is 13.5. The maximum absolute atomic E-state index is 13.5. The third-order valence-corrected chi connectivity index (χ3v) is 2.61. The Kier molecular flexibility index (Phi) is 4.81. The molecule has 0 saturated carbocycles. The fourth-order valence-electron chi connectivity index (χ4n) is 1.81. The van der Waals surface area contributed by atoms with E-state index < -0.39 is 11.8 Å². The highest BCUT2D eigenvalue weighted by Crippen LogP contribution is 2.21. The lowest BCUT2D eigenvalue weighted by Gasteiger charge is -2.13. The molecule has 3 N–H and O–H groups in total. The van der Waals surface area contributed by atoms with Crippen LogP contribution in [0.1, 0.15) is 30.0 Å². The average Bonchev–Trinajstić information content (AvgIpc) is 2.27. The predicted octanol–water partition coefficient (Wildman–Crippen LogP) is 1.60. The fourth-order valence-corrected chi connectivity index (χ4v) is 1.81. The Bertz CT molecular complexity index is 492. The van der Waals surface area contributed by atoms with Crippen LogP contribution in [-0.4, -0.2) is 17.1 Å². The van der Waals surface area contributed by atoms with Crippen molar-refractivity contribution in [1.82, 2.24) is 0 Å². The van der Waals surface area contributed by atoms with E-state index in [9.17, 15) is 9.18 Å². The number of halogens is 1. The zero-order valence-corrected chi connectivity index (χ0v) is 10.1. The van der Waals surface area contributed by atoms with Gasteiger partial charge in [0.2, 0.25) is 0 Å². The number of nitrogens with zero attached hydrogens (tertiary/aromatic N) is 1. The number of nitrogens with two attached hydrogens (primary N) is 1. The number of hydrogen-bond donors (Lipinski definition) is 2. The molecule has 1 rings (SSSR count). The van der Waals surface area contributed by atoms with E-state index in [0.717, 1.165) is 0 Å². The van der Waals surface area contributed by atoms with E-state index in [1.165, 1.54) is 12.1 Å². The minimum atomic E-state index is -0.926. The van der Waals surface area contributed by atoms with Gasteiger partial charge in [0.1, 0.15) is 11.9 Å². The third kappa shape index (κ3) is 3.54. The monoisotopic (exact) mass is 250 g/mol. The van der Waals surface area contributed by atoms with E-state index in [0.29, 0.717) is 17.5 Å². The predicted molar refractivity (Wildman–Crippen MR) is 64.4 cm³/mol. The zero-order chi connectivity index (χ0) is 13.7. The van der Waals surface area contributed by atoms with E-state index >= 15 is 0 Å². The number of benzene rings is 1. The van der Waals surface area contributed by atoms with Gasteiger partial charge in [0.15, 0.2) is 0 Å². The van der Waals surface area contributed by atoms with Gasteiger partial charge in [-0.1, -0.05) is 6.07 Å². The number of rotatable bonds is 5. The SMILES string of the molecule is CC(N)Cc1c(CCC(=O)O)ccc(F)c1C#N. The van der Waals surface area contributed by atoms with Crippen LogP contribution >= 0.6 is 0 Å². The van der Waals surface area contributed by atoms with Gasteiger partial charge in [0, 0.05) is 12.5 Å². The van der Waals surface area contributed by atoms with E-state index in [1.807, 2.05) is 6.07 Å². The molecule has 0 fully saturated rings. The molecule has 1 aromatic rings. The van der Waals surface area contributed by atoms with Gasteiger partial charge in [-0.2, -0.15) is 5.26 Å². The van der Waals surface area contributed by atoms with Gasteiger partial charge in [-0.25, -0.2) is 4.39 Å². The van der Waals surface area contributed by atoms with Gasteiger partial charge in [-0.05, 0) is 37.0 Å². The molecule has 1 atom stereocenters. The van der Waals surface area contributed by atoms with Crippen LogP contribution in [0.2, 0.25) is 0 Å². The summed E-state index contributed by atoms with van der Waals surface area (Å²) in [7, 11) is 0. The first-order valence-electron chi connectivity index (χ1n) is 5.63. The topological polar surface area (TPSA) is 87.1 Å². The summed E-state index contributed by atoms with van der Waals surface area (Å²) in [5.74, 6) is -1.52. The molecule has 5 heteroatoms. The lowest BCUT2D eigenvalue weighted by Crippen LogP contribution is -2.20. The van der Waals surface area contributed by atoms with Crippen molar-refractivity contribution in [3.05, 3.63) is 34.6 Å². The van der Waals surface area contributed by atoms with Crippen molar-refractivity contribution in [2.45, 2.75) is 32.2 Å². The Morgan fingerprint density at radius 2 is 2.28 bits per heavy atom.